The molecule has 0 unspecified atom stereocenters. The number of benzene rings is 2. The third kappa shape index (κ3) is 6.37. The second kappa shape index (κ2) is 10.5. The van der Waals surface area contributed by atoms with Crippen LogP contribution >= 0.6 is 0 Å². The molecule has 2 aromatic rings. The summed E-state index contributed by atoms with van der Waals surface area (Å²) in [7, 11) is 0. The highest BCUT2D eigenvalue weighted by Gasteiger charge is 2.20. The molecule has 1 aliphatic carbocycles. The first kappa shape index (κ1) is 19.9. The lowest BCUT2D eigenvalue weighted by atomic mass is 9.78. The Labute approximate surface area is 164 Å². The molecule has 0 aromatic heterocycles. The molecule has 0 saturated heterocycles. The fourth-order valence-corrected chi connectivity index (χ4v) is 4.25. The van der Waals surface area contributed by atoms with Crippen molar-refractivity contribution in [2.24, 2.45) is 11.8 Å². The molecule has 1 nitrogen and oxygen atoms in total. The van der Waals surface area contributed by atoms with E-state index in [1.807, 2.05) is 36.4 Å². The Hall–Kier alpha value is -1.83. The first-order chi connectivity index (χ1) is 13.2. The van der Waals surface area contributed by atoms with Crippen molar-refractivity contribution < 1.29 is 9.13 Å². The normalized spacial score (nSPS) is 19.8. The van der Waals surface area contributed by atoms with Crippen LogP contribution in [-0.2, 0) is 0 Å². The molecule has 1 saturated carbocycles. The van der Waals surface area contributed by atoms with Crippen molar-refractivity contribution in [3.63, 3.8) is 0 Å². The molecule has 0 atom stereocenters. The minimum atomic E-state index is -0.201. The molecule has 0 aliphatic heterocycles. The van der Waals surface area contributed by atoms with Crippen LogP contribution in [0.1, 0.15) is 64.7 Å². The van der Waals surface area contributed by atoms with Gasteiger partial charge in [0.2, 0.25) is 0 Å². The summed E-state index contributed by atoms with van der Waals surface area (Å²) in [6, 6.07) is 14.7. The van der Waals surface area contributed by atoms with Crippen LogP contribution in [0.2, 0.25) is 0 Å². The zero-order chi connectivity index (χ0) is 18.9. The lowest BCUT2D eigenvalue weighted by Gasteiger charge is -2.28. The van der Waals surface area contributed by atoms with Gasteiger partial charge >= 0.3 is 0 Å². The molecule has 3 rings (SSSR count). The molecule has 2 aromatic carbocycles. The number of hydrogen-bond acceptors (Lipinski definition) is 1. The van der Waals surface area contributed by atoms with Gasteiger partial charge < -0.3 is 4.74 Å². The van der Waals surface area contributed by atoms with Crippen LogP contribution in [0.25, 0.3) is 11.1 Å². The van der Waals surface area contributed by atoms with E-state index in [0.717, 1.165) is 41.7 Å². The van der Waals surface area contributed by atoms with Gasteiger partial charge in [0.05, 0.1) is 6.61 Å². The van der Waals surface area contributed by atoms with Gasteiger partial charge in [0, 0.05) is 0 Å². The van der Waals surface area contributed by atoms with E-state index in [4.69, 9.17) is 4.74 Å². The summed E-state index contributed by atoms with van der Waals surface area (Å²) in [4.78, 5) is 0. The molecule has 146 valence electrons. The number of halogens is 1. The van der Waals surface area contributed by atoms with Crippen LogP contribution in [0.15, 0.2) is 48.5 Å². The summed E-state index contributed by atoms with van der Waals surface area (Å²) in [5.74, 6) is 2.63. The Bertz CT molecular complexity index is 654. The minimum absolute atomic E-state index is 0.201. The number of rotatable bonds is 9. The molecule has 2 heteroatoms. The summed E-state index contributed by atoms with van der Waals surface area (Å²) >= 11 is 0. The monoisotopic (exact) mass is 368 g/mol. The van der Waals surface area contributed by atoms with Gasteiger partial charge in [0.1, 0.15) is 11.6 Å². The largest absolute Gasteiger partial charge is 0.494 e. The van der Waals surface area contributed by atoms with Gasteiger partial charge in [-0.1, -0.05) is 76.1 Å². The molecule has 0 amide bonds. The standard InChI is InChI=1S/C25H33FO/c1-2-3-5-20-7-9-21(10-8-20)6-4-19-27-25-17-13-23(14-18-25)22-11-15-24(26)16-12-22/h11-18,20-21H,2-10,19H2,1H3. The maximum absolute atomic E-state index is 13.0. The molecule has 0 spiro atoms. The Kier molecular flexibility index (Phi) is 7.74. The topological polar surface area (TPSA) is 9.23 Å². The molecule has 0 bridgehead atoms. The summed E-state index contributed by atoms with van der Waals surface area (Å²) in [5, 5.41) is 0. The van der Waals surface area contributed by atoms with Crippen molar-refractivity contribution in [1.29, 1.82) is 0 Å². The second-order valence-electron chi connectivity index (χ2n) is 8.05. The van der Waals surface area contributed by atoms with Crippen LogP contribution < -0.4 is 4.74 Å². The Morgan fingerprint density at radius 3 is 1.85 bits per heavy atom. The fraction of sp³-hybridized carbons (Fsp3) is 0.520. The van der Waals surface area contributed by atoms with Gasteiger partial charge in [-0.25, -0.2) is 4.39 Å². The van der Waals surface area contributed by atoms with Gasteiger partial charge in [-0.15, -0.1) is 0 Å². The third-order valence-corrected chi connectivity index (χ3v) is 5.99. The van der Waals surface area contributed by atoms with Gasteiger partial charge in [-0.3, -0.25) is 0 Å². The predicted molar refractivity (Wildman–Crippen MR) is 112 cm³/mol. The van der Waals surface area contributed by atoms with E-state index in [1.165, 1.54) is 63.5 Å². The minimum Gasteiger partial charge on any atom is -0.494 e. The molecule has 0 N–H and O–H groups in total. The van der Waals surface area contributed by atoms with Crippen molar-refractivity contribution in [2.75, 3.05) is 6.61 Å². The lowest BCUT2D eigenvalue weighted by molar-refractivity contribution is 0.228. The molecule has 0 heterocycles. The molecular weight excluding hydrogens is 335 g/mol. The highest BCUT2D eigenvalue weighted by Crippen LogP contribution is 2.34. The maximum Gasteiger partial charge on any atom is 0.123 e. The molecule has 1 aliphatic rings. The first-order valence-electron chi connectivity index (χ1n) is 10.7. The SMILES string of the molecule is CCCCC1CCC(CCCOc2ccc(-c3ccc(F)cc3)cc2)CC1. The molecule has 27 heavy (non-hydrogen) atoms. The lowest BCUT2D eigenvalue weighted by Crippen LogP contribution is -2.15. The van der Waals surface area contributed by atoms with E-state index in [1.54, 1.807) is 0 Å². The zero-order valence-electron chi connectivity index (χ0n) is 16.6. The number of hydrogen-bond donors (Lipinski definition) is 0. The van der Waals surface area contributed by atoms with E-state index in [2.05, 4.69) is 6.92 Å². The summed E-state index contributed by atoms with van der Waals surface area (Å²) in [5.41, 5.74) is 2.11. The Balaban J connectivity index is 1.34. The van der Waals surface area contributed by atoms with E-state index in [-0.39, 0.29) is 5.82 Å². The maximum atomic E-state index is 13.0. The van der Waals surface area contributed by atoms with Crippen molar-refractivity contribution in [3.8, 4) is 16.9 Å². The molecule has 0 radical (unpaired) electrons. The Morgan fingerprint density at radius 1 is 0.778 bits per heavy atom. The average molecular weight is 369 g/mol. The van der Waals surface area contributed by atoms with Crippen LogP contribution in [0, 0.1) is 17.7 Å². The highest BCUT2D eigenvalue weighted by atomic mass is 19.1. The zero-order valence-corrected chi connectivity index (χ0v) is 16.6. The predicted octanol–water partition coefficient (Wildman–Crippen LogP) is 7.65. The van der Waals surface area contributed by atoms with Gasteiger partial charge in [0.25, 0.3) is 0 Å². The van der Waals surface area contributed by atoms with Gasteiger partial charge in [-0.05, 0) is 60.1 Å². The summed E-state index contributed by atoms with van der Waals surface area (Å²) in [6.07, 6.45) is 12.3. The smallest absolute Gasteiger partial charge is 0.123 e. The van der Waals surface area contributed by atoms with E-state index in [9.17, 15) is 4.39 Å². The molecule has 1 fully saturated rings. The van der Waals surface area contributed by atoms with E-state index < -0.39 is 0 Å². The van der Waals surface area contributed by atoms with Crippen molar-refractivity contribution in [3.05, 3.63) is 54.3 Å². The van der Waals surface area contributed by atoms with Crippen molar-refractivity contribution in [2.45, 2.75) is 64.7 Å². The quantitative estimate of drug-likeness (QED) is 0.413. The van der Waals surface area contributed by atoms with Gasteiger partial charge in [-0.2, -0.15) is 0 Å². The highest BCUT2D eigenvalue weighted by molar-refractivity contribution is 5.63. The average Bonchev–Trinajstić information content (AvgIpc) is 2.72. The third-order valence-electron chi connectivity index (χ3n) is 5.99. The van der Waals surface area contributed by atoms with E-state index >= 15 is 0 Å². The van der Waals surface area contributed by atoms with Crippen molar-refractivity contribution in [1.82, 2.24) is 0 Å². The van der Waals surface area contributed by atoms with E-state index in [0.29, 0.717) is 0 Å². The Morgan fingerprint density at radius 2 is 1.30 bits per heavy atom. The fourth-order valence-electron chi connectivity index (χ4n) is 4.25. The van der Waals surface area contributed by atoms with Crippen LogP contribution in [0.5, 0.6) is 5.75 Å². The van der Waals surface area contributed by atoms with Crippen LogP contribution in [0.4, 0.5) is 4.39 Å². The molecular formula is C25H33FO. The van der Waals surface area contributed by atoms with Gasteiger partial charge in [0.15, 0.2) is 0 Å². The van der Waals surface area contributed by atoms with Crippen LogP contribution in [0.3, 0.4) is 0 Å². The summed E-state index contributed by atoms with van der Waals surface area (Å²) in [6.45, 7) is 3.09. The van der Waals surface area contributed by atoms with Crippen LogP contribution in [-0.4, -0.2) is 6.61 Å². The number of unbranched alkanes of at least 4 members (excludes halogenated alkanes) is 1. The first-order valence-corrected chi connectivity index (χ1v) is 10.7. The van der Waals surface area contributed by atoms with Crippen molar-refractivity contribution >= 4 is 0 Å². The second-order valence-corrected chi connectivity index (χ2v) is 8.05. The number of ether oxygens (including phenoxy) is 1. The summed E-state index contributed by atoms with van der Waals surface area (Å²) < 4.78 is 18.9.